The molecule has 1 aromatic heterocycles. The summed E-state index contributed by atoms with van der Waals surface area (Å²) in [6.45, 7) is 3.83. The van der Waals surface area contributed by atoms with Gasteiger partial charge in [-0.05, 0) is 18.6 Å². The van der Waals surface area contributed by atoms with Crippen LogP contribution in [0.4, 0.5) is 0 Å². The van der Waals surface area contributed by atoms with Gasteiger partial charge < -0.3 is 14.8 Å². The molecule has 0 radical (unpaired) electrons. The molecule has 0 aromatic carbocycles. The summed E-state index contributed by atoms with van der Waals surface area (Å²) in [5.74, 6) is 0.634. The number of rotatable bonds is 2. The van der Waals surface area contributed by atoms with Crippen molar-refractivity contribution in [2.75, 3.05) is 20.2 Å². The van der Waals surface area contributed by atoms with Crippen LogP contribution in [0.25, 0.3) is 0 Å². The van der Waals surface area contributed by atoms with Gasteiger partial charge in [-0.25, -0.2) is 4.98 Å². The molecule has 1 fully saturated rings. The van der Waals surface area contributed by atoms with Gasteiger partial charge in [0.25, 0.3) is 0 Å². The second-order valence-corrected chi connectivity index (χ2v) is 3.73. The molecule has 0 unspecified atom stereocenters. The van der Waals surface area contributed by atoms with E-state index in [9.17, 15) is 0 Å². The first-order valence-electron chi connectivity index (χ1n) is 5.15. The van der Waals surface area contributed by atoms with Crippen molar-refractivity contribution >= 4 is 0 Å². The molecule has 4 nitrogen and oxygen atoms in total. The molecule has 0 bridgehead atoms. The first-order valence-corrected chi connectivity index (χ1v) is 5.15. The number of hydrogen-bond donors (Lipinski definition) is 1. The number of hydrogen-bond acceptors (Lipinski definition) is 4. The predicted molar refractivity (Wildman–Crippen MR) is 56.9 cm³/mol. The van der Waals surface area contributed by atoms with Crippen LogP contribution in [-0.4, -0.2) is 31.3 Å². The first-order chi connectivity index (χ1) is 7.29. The van der Waals surface area contributed by atoms with Crippen LogP contribution in [0.1, 0.15) is 18.6 Å². The number of ether oxygens (including phenoxy) is 2. The van der Waals surface area contributed by atoms with Gasteiger partial charge in [0, 0.05) is 25.4 Å². The molecule has 4 heteroatoms. The molecule has 2 heterocycles. The molecule has 15 heavy (non-hydrogen) atoms. The lowest BCUT2D eigenvalue weighted by Gasteiger charge is -2.29. The monoisotopic (exact) mass is 208 g/mol. The van der Waals surface area contributed by atoms with Gasteiger partial charge in [-0.2, -0.15) is 0 Å². The largest absolute Gasteiger partial charge is 0.481 e. The van der Waals surface area contributed by atoms with E-state index < -0.39 is 0 Å². The number of nitrogens with one attached hydrogen (secondary N) is 1. The number of methoxy groups -OCH3 is 1. The Kier molecular flexibility index (Phi) is 3.18. The Bertz CT molecular complexity index is 330. The fourth-order valence-electron chi connectivity index (χ4n) is 1.73. The van der Waals surface area contributed by atoms with Gasteiger partial charge >= 0.3 is 0 Å². The van der Waals surface area contributed by atoms with Gasteiger partial charge in [0.05, 0.1) is 19.3 Å². The molecule has 1 aliphatic heterocycles. The number of nitrogens with zero attached hydrogens (tertiary/aromatic N) is 1. The van der Waals surface area contributed by atoms with Crippen molar-refractivity contribution in [3.8, 4) is 5.88 Å². The van der Waals surface area contributed by atoms with E-state index in [-0.39, 0.29) is 12.2 Å². The minimum absolute atomic E-state index is 0.102. The maximum absolute atomic E-state index is 5.83. The summed E-state index contributed by atoms with van der Waals surface area (Å²) in [5.41, 5.74) is 1.11. The van der Waals surface area contributed by atoms with Crippen LogP contribution in [0.15, 0.2) is 18.3 Å². The van der Waals surface area contributed by atoms with E-state index in [1.165, 1.54) is 0 Å². The average molecular weight is 208 g/mol. The summed E-state index contributed by atoms with van der Waals surface area (Å²) in [5, 5.41) is 3.33. The second kappa shape index (κ2) is 4.59. The van der Waals surface area contributed by atoms with Crippen LogP contribution in [0.5, 0.6) is 5.88 Å². The zero-order chi connectivity index (χ0) is 10.7. The lowest BCUT2D eigenvalue weighted by atomic mass is 10.1. The summed E-state index contributed by atoms with van der Waals surface area (Å²) in [7, 11) is 1.62. The highest BCUT2D eigenvalue weighted by atomic mass is 16.5. The highest BCUT2D eigenvalue weighted by Crippen LogP contribution is 2.23. The summed E-state index contributed by atoms with van der Waals surface area (Å²) in [6.07, 6.45) is 2.10. The highest BCUT2D eigenvalue weighted by Gasteiger charge is 2.20. The molecule has 2 atom stereocenters. The normalized spacial score (nSPS) is 26.3. The topological polar surface area (TPSA) is 43.4 Å². The van der Waals surface area contributed by atoms with Crippen LogP contribution < -0.4 is 10.1 Å². The predicted octanol–water partition coefficient (Wildman–Crippen LogP) is 1.14. The van der Waals surface area contributed by atoms with Crippen molar-refractivity contribution < 1.29 is 9.47 Å². The third-order valence-electron chi connectivity index (χ3n) is 2.50. The van der Waals surface area contributed by atoms with Crippen LogP contribution in [0.3, 0.4) is 0 Å². The van der Waals surface area contributed by atoms with Crippen molar-refractivity contribution in [1.82, 2.24) is 10.3 Å². The number of pyridine rings is 1. The molecule has 1 aromatic rings. The van der Waals surface area contributed by atoms with E-state index in [4.69, 9.17) is 9.47 Å². The molecule has 0 aliphatic carbocycles. The van der Waals surface area contributed by atoms with Crippen LogP contribution in [-0.2, 0) is 4.74 Å². The van der Waals surface area contributed by atoms with Crippen LogP contribution in [0, 0.1) is 0 Å². The summed E-state index contributed by atoms with van der Waals surface area (Å²) in [6, 6.07) is 3.89. The summed E-state index contributed by atoms with van der Waals surface area (Å²) < 4.78 is 10.9. The fraction of sp³-hybridized carbons (Fsp3) is 0.545. The van der Waals surface area contributed by atoms with Crippen molar-refractivity contribution in [2.24, 2.45) is 0 Å². The van der Waals surface area contributed by atoms with Crippen LogP contribution >= 0.6 is 0 Å². The molecule has 1 saturated heterocycles. The molecular formula is C11H16N2O2. The van der Waals surface area contributed by atoms with E-state index in [1.807, 2.05) is 12.1 Å². The van der Waals surface area contributed by atoms with E-state index in [0.29, 0.717) is 5.88 Å². The Morgan fingerprint density at radius 1 is 1.53 bits per heavy atom. The zero-order valence-corrected chi connectivity index (χ0v) is 9.06. The van der Waals surface area contributed by atoms with Gasteiger partial charge in [-0.3, -0.25) is 0 Å². The minimum Gasteiger partial charge on any atom is -0.481 e. The molecule has 0 spiro atoms. The van der Waals surface area contributed by atoms with Crippen molar-refractivity contribution in [2.45, 2.75) is 19.1 Å². The number of morpholine rings is 1. The van der Waals surface area contributed by atoms with Gasteiger partial charge in [-0.15, -0.1) is 0 Å². The molecule has 1 N–H and O–H groups in total. The quantitative estimate of drug-likeness (QED) is 0.791. The Hall–Kier alpha value is -1.13. The minimum atomic E-state index is 0.102. The molecule has 2 rings (SSSR count). The Morgan fingerprint density at radius 3 is 3.13 bits per heavy atom. The molecular weight excluding hydrogens is 192 g/mol. The van der Waals surface area contributed by atoms with E-state index in [1.54, 1.807) is 13.3 Å². The van der Waals surface area contributed by atoms with Gasteiger partial charge in [0.2, 0.25) is 5.88 Å². The van der Waals surface area contributed by atoms with Crippen LogP contribution in [0.2, 0.25) is 0 Å². The summed E-state index contributed by atoms with van der Waals surface area (Å²) >= 11 is 0. The van der Waals surface area contributed by atoms with E-state index in [2.05, 4.69) is 17.2 Å². The van der Waals surface area contributed by atoms with E-state index in [0.717, 1.165) is 18.7 Å². The lowest BCUT2D eigenvalue weighted by Crippen LogP contribution is -2.38. The summed E-state index contributed by atoms with van der Waals surface area (Å²) in [4.78, 5) is 4.07. The average Bonchev–Trinajstić information content (AvgIpc) is 2.29. The van der Waals surface area contributed by atoms with E-state index >= 15 is 0 Å². The molecule has 82 valence electrons. The highest BCUT2D eigenvalue weighted by molar-refractivity contribution is 5.23. The molecule has 0 saturated carbocycles. The first kappa shape index (κ1) is 10.4. The second-order valence-electron chi connectivity index (χ2n) is 3.73. The standard InChI is InChI=1S/C11H16N2O2/c1-8-6-12-7-10(15-8)9-3-4-13-11(5-9)14-2/h3-5,8,10,12H,6-7H2,1-2H3/t8-,10-/m1/s1. The fourth-order valence-corrected chi connectivity index (χ4v) is 1.73. The SMILES string of the molecule is COc1cc([C@H]2CNC[C@@H](C)O2)ccn1. The number of aromatic nitrogens is 1. The van der Waals surface area contributed by atoms with Crippen molar-refractivity contribution in [3.05, 3.63) is 23.9 Å². The molecule has 1 aliphatic rings. The third-order valence-corrected chi connectivity index (χ3v) is 2.50. The third kappa shape index (κ3) is 2.46. The Morgan fingerprint density at radius 2 is 2.40 bits per heavy atom. The lowest BCUT2D eigenvalue weighted by molar-refractivity contribution is -0.0288. The molecule has 0 amide bonds. The zero-order valence-electron chi connectivity index (χ0n) is 9.06. The Balaban J connectivity index is 2.13. The Labute approximate surface area is 89.6 Å². The van der Waals surface area contributed by atoms with Crippen molar-refractivity contribution in [3.63, 3.8) is 0 Å². The maximum Gasteiger partial charge on any atom is 0.213 e. The smallest absolute Gasteiger partial charge is 0.213 e. The van der Waals surface area contributed by atoms with Gasteiger partial charge in [0.1, 0.15) is 0 Å². The maximum atomic E-state index is 5.83. The van der Waals surface area contributed by atoms with Crippen molar-refractivity contribution in [1.29, 1.82) is 0 Å². The van der Waals surface area contributed by atoms with Gasteiger partial charge in [0.15, 0.2) is 0 Å². The van der Waals surface area contributed by atoms with Gasteiger partial charge in [-0.1, -0.05) is 0 Å².